The maximum Gasteiger partial charge on any atom is 0.150 e. The number of nitrogens with zero attached hydrogens (tertiary/aromatic N) is 1. The van der Waals surface area contributed by atoms with Crippen LogP contribution in [-0.2, 0) is 9.59 Å². The molecule has 0 aliphatic rings. The van der Waals surface area contributed by atoms with Crippen LogP contribution in [0.5, 0.6) is 0 Å². The molecule has 0 N–H and O–H groups in total. The summed E-state index contributed by atoms with van der Waals surface area (Å²) in [6.07, 6.45) is 1.76. The first kappa shape index (κ1) is 16.3. The summed E-state index contributed by atoms with van der Waals surface area (Å²) in [5, 5.41) is 0. The van der Waals surface area contributed by atoms with E-state index in [9.17, 15) is 9.59 Å². The normalized spacial score (nSPS) is 15.1. The Morgan fingerprint density at radius 1 is 1.06 bits per heavy atom. The fourth-order valence-corrected chi connectivity index (χ4v) is 1.98. The largest absolute Gasteiger partial charge is 0.300 e. The lowest BCUT2D eigenvalue weighted by molar-refractivity contribution is -0.129. The van der Waals surface area contributed by atoms with Gasteiger partial charge in [-0.25, -0.2) is 0 Å². The van der Waals surface area contributed by atoms with E-state index in [2.05, 4.69) is 13.8 Å². The van der Waals surface area contributed by atoms with Crippen LogP contribution in [-0.4, -0.2) is 36.6 Å². The molecule has 0 saturated carbocycles. The standard InChI is InChI=1S/C14H27NO2/c1-7-13(16)11(4)9-14(17)12(15(5)6)8-10(2)3/h10-12H,7-9H2,1-6H3. The fraction of sp³-hybridized carbons (Fsp3) is 0.857. The molecule has 3 nitrogen and oxygen atoms in total. The van der Waals surface area contributed by atoms with Crippen LogP contribution in [0.15, 0.2) is 0 Å². The molecule has 0 saturated heterocycles. The van der Waals surface area contributed by atoms with E-state index >= 15 is 0 Å². The topological polar surface area (TPSA) is 37.4 Å². The van der Waals surface area contributed by atoms with Gasteiger partial charge >= 0.3 is 0 Å². The summed E-state index contributed by atoms with van der Waals surface area (Å²) in [6.45, 7) is 7.93. The van der Waals surface area contributed by atoms with Gasteiger partial charge in [-0.15, -0.1) is 0 Å². The third-order valence-electron chi connectivity index (χ3n) is 3.10. The van der Waals surface area contributed by atoms with E-state index in [1.807, 2.05) is 32.8 Å². The number of carbonyl (C=O) groups excluding carboxylic acids is 2. The van der Waals surface area contributed by atoms with Crippen LogP contribution in [0.1, 0.15) is 47.0 Å². The van der Waals surface area contributed by atoms with Crippen molar-refractivity contribution in [1.82, 2.24) is 4.90 Å². The van der Waals surface area contributed by atoms with E-state index in [1.165, 1.54) is 0 Å². The van der Waals surface area contributed by atoms with Crippen LogP contribution in [0, 0.1) is 11.8 Å². The van der Waals surface area contributed by atoms with E-state index in [1.54, 1.807) is 0 Å². The molecule has 0 amide bonds. The first-order valence-corrected chi connectivity index (χ1v) is 6.51. The summed E-state index contributed by atoms with van der Waals surface area (Å²) in [5.74, 6) is 0.726. The average molecular weight is 241 g/mol. The Morgan fingerprint density at radius 2 is 1.59 bits per heavy atom. The molecule has 0 aromatic heterocycles. The summed E-state index contributed by atoms with van der Waals surface area (Å²) in [6, 6.07) is -0.0536. The smallest absolute Gasteiger partial charge is 0.150 e. The minimum Gasteiger partial charge on any atom is -0.300 e. The highest BCUT2D eigenvalue weighted by Gasteiger charge is 2.25. The zero-order valence-electron chi connectivity index (χ0n) is 12.1. The molecule has 0 radical (unpaired) electrons. The Hall–Kier alpha value is -0.700. The predicted molar refractivity (Wildman–Crippen MR) is 71.0 cm³/mol. The highest BCUT2D eigenvalue weighted by atomic mass is 16.1. The minimum atomic E-state index is -0.137. The van der Waals surface area contributed by atoms with Gasteiger partial charge in [-0.05, 0) is 26.4 Å². The molecule has 0 heterocycles. The lowest BCUT2D eigenvalue weighted by Gasteiger charge is -2.25. The molecular weight excluding hydrogens is 214 g/mol. The quantitative estimate of drug-likeness (QED) is 0.655. The van der Waals surface area contributed by atoms with E-state index in [0.717, 1.165) is 6.42 Å². The maximum atomic E-state index is 12.2. The monoisotopic (exact) mass is 241 g/mol. The summed E-state index contributed by atoms with van der Waals surface area (Å²) >= 11 is 0. The molecule has 2 unspecified atom stereocenters. The van der Waals surface area contributed by atoms with Crippen molar-refractivity contribution in [2.75, 3.05) is 14.1 Å². The van der Waals surface area contributed by atoms with Gasteiger partial charge in [0, 0.05) is 18.8 Å². The second-order valence-electron chi connectivity index (χ2n) is 5.50. The molecule has 0 aromatic carbocycles. The van der Waals surface area contributed by atoms with Gasteiger partial charge in [0.2, 0.25) is 0 Å². The minimum absolute atomic E-state index is 0.0536. The van der Waals surface area contributed by atoms with Gasteiger partial charge in [0.1, 0.15) is 5.78 Å². The van der Waals surface area contributed by atoms with E-state index < -0.39 is 0 Å². The predicted octanol–water partition coefficient (Wildman–Crippen LogP) is 2.54. The molecule has 0 aliphatic carbocycles. The van der Waals surface area contributed by atoms with Gasteiger partial charge in [0.05, 0.1) is 6.04 Å². The van der Waals surface area contributed by atoms with Crippen LogP contribution >= 0.6 is 0 Å². The molecule has 0 aliphatic heterocycles. The van der Waals surface area contributed by atoms with Crippen molar-refractivity contribution in [2.24, 2.45) is 11.8 Å². The summed E-state index contributed by atoms with van der Waals surface area (Å²) < 4.78 is 0. The van der Waals surface area contributed by atoms with Crippen molar-refractivity contribution in [3.63, 3.8) is 0 Å². The number of hydrogen-bond donors (Lipinski definition) is 0. The Labute approximate surface area is 106 Å². The highest BCUT2D eigenvalue weighted by Crippen LogP contribution is 2.15. The molecule has 17 heavy (non-hydrogen) atoms. The Balaban J connectivity index is 4.47. The van der Waals surface area contributed by atoms with Gasteiger partial charge in [-0.2, -0.15) is 0 Å². The number of Topliss-reactive ketones (excluding diaryl/α,β-unsaturated/α-hetero) is 2. The highest BCUT2D eigenvalue weighted by molar-refractivity contribution is 5.90. The van der Waals surface area contributed by atoms with E-state index in [0.29, 0.717) is 18.8 Å². The van der Waals surface area contributed by atoms with Crippen molar-refractivity contribution >= 4 is 11.6 Å². The Morgan fingerprint density at radius 3 is 1.94 bits per heavy atom. The van der Waals surface area contributed by atoms with Crippen LogP contribution < -0.4 is 0 Å². The van der Waals surface area contributed by atoms with Gasteiger partial charge in [-0.3, -0.25) is 14.5 Å². The lowest BCUT2D eigenvalue weighted by Crippen LogP contribution is -2.38. The molecular formula is C14H27NO2. The molecule has 0 spiro atoms. The first-order valence-electron chi connectivity index (χ1n) is 6.51. The lowest BCUT2D eigenvalue weighted by atomic mass is 9.91. The SMILES string of the molecule is CCC(=O)C(C)CC(=O)C(CC(C)C)N(C)C. The maximum absolute atomic E-state index is 12.2. The molecule has 3 heteroatoms. The zero-order chi connectivity index (χ0) is 13.6. The fourth-order valence-electron chi connectivity index (χ4n) is 1.98. The van der Waals surface area contributed by atoms with Crippen LogP contribution in [0.25, 0.3) is 0 Å². The molecule has 0 aromatic rings. The van der Waals surface area contributed by atoms with Gasteiger partial charge in [-0.1, -0.05) is 27.7 Å². The molecule has 0 bridgehead atoms. The second-order valence-corrected chi connectivity index (χ2v) is 5.50. The van der Waals surface area contributed by atoms with Crippen LogP contribution in [0.4, 0.5) is 0 Å². The van der Waals surface area contributed by atoms with Crippen molar-refractivity contribution in [1.29, 1.82) is 0 Å². The third-order valence-corrected chi connectivity index (χ3v) is 3.10. The Kier molecular flexibility index (Phi) is 7.28. The molecule has 0 fully saturated rings. The van der Waals surface area contributed by atoms with Crippen molar-refractivity contribution in [3.05, 3.63) is 0 Å². The summed E-state index contributed by atoms with van der Waals surface area (Å²) in [5.41, 5.74) is 0. The molecule has 100 valence electrons. The molecule has 2 atom stereocenters. The summed E-state index contributed by atoms with van der Waals surface area (Å²) in [4.78, 5) is 25.6. The van der Waals surface area contributed by atoms with Crippen LogP contribution in [0.3, 0.4) is 0 Å². The summed E-state index contributed by atoms with van der Waals surface area (Å²) in [7, 11) is 3.86. The number of likely N-dealkylation sites (N-methyl/N-ethyl adjacent to an activating group) is 1. The third kappa shape index (κ3) is 5.97. The Bertz CT molecular complexity index is 259. The number of hydrogen-bond acceptors (Lipinski definition) is 3. The van der Waals surface area contributed by atoms with Gasteiger partial charge < -0.3 is 0 Å². The second kappa shape index (κ2) is 7.59. The number of ketones is 2. The van der Waals surface area contributed by atoms with Gasteiger partial charge in [0.25, 0.3) is 0 Å². The van der Waals surface area contributed by atoms with Crippen molar-refractivity contribution in [3.8, 4) is 0 Å². The zero-order valence-corrected chi connectivity index (χ0v) is 12.1. The average Bonchev–Trinajstić information content (AvgIpc) is 2.23. The molecule has 0 rings (SSSR count). The first-order chi connectivity index (χ1) is 7.79. The van der Waals surface area contributed by atoms with E-state index in [-0.39, 0.29) is 23.5 Å². The van der Waals surface area contributed by atoms with Crippen molar-refractivity contribution in [2.45, 2.75) is 53.0 Å². The van der Waals surface area contributed by atoms with Crippen LogP contribution in [0.2, 0.25) is 0 Å². The number of carbonyl (C=O) groups is 2. The van der Waals surface area contributed by atoms with Gasteiger partial charge in [0.15, 0.2) is 5.78 Å². The number of rotatable bonds is 8. The van der Waals surface area contributed by atoms with E-state index in [4.69, 9.17) is 0 Å². The van der Waals surface area contributed by atoms with Crippen molar-refractivity contribution < 1.29 is 9.59 Å².